The second-order valence-corrected chi connectivity index (χ2v) is 13.3. The number of likely N-dealkylation sites (N-methyl/N-ethyl adjacent to an activating group) is 1. The number of carbonyl (C=O) groups excluding carboxylic acids is 1. The van der Waals surface area contributed by atoms with Crippen LogP contribution in [0.25, 0.3) is 0 Å². The molecule has 0 spiro atoms. The number of hydrogen-bond acceptors (Lipinski definition) is 7. The summed E-state index contributed by atoms with van der Waals surface area (Å²) in [6.45, 7) is 1.84. The molecule has 0 radical (unpaired) electrons. The molecule has 42 heavy (non-hydrogen) atoms. The summed E-state index contributed by atoms with van der Waals surface area (Å²) in [7, 11) is -1.46. The van der Waals surface area contributed by atoms with Crippen molar-refractivity contribution in [2.75, 3.05) is 19.5 Å². The molecule has 0 aromatic heterocycles. The maximum absolute atomic E-state index is 14.3. The molecule has 0 unspecified atom stereocenters. The Bertz CT molecular complexity index is 1680. The first-order valence-electron chi connectivity index (χ1n) is 12.6. The fraction of sp³-hybridized carbons (Fsp3) is 0.167. The molecule has 4 rings (SSSR count). The number of nitro benzene ring substituents is 1. The van der Waals surface area contributed by atoms with Crippen LogP contribution in [0.5, 0.6) is 5.75 Å². The van der Waals surface area contributed by atoms with Crippen LogP contribution in [0, 0.1) is 17.0 Å². The van der Waals surface area contributed by atoms with Crippen LogP contribution in [-0.2, 0) is 14.8 Å². The van der Waals surface area contributed by atoms with Gasteiger partial charge in [0.05, 0.1) is 28.9 Å². The summed E-state index contributed by atoms with van der Waals surface area (Å²) in [6, 6.07) is 23.5. The second-order valence-electron chi connectivity index (χ2n) is 9.50. The van der Waals surface area contributed by atoms with E-state index < -0.39 is 32.8 Å². The minimum atomic E-state index is -4.21. The van der Waals surface area contributed by atoms with Gasteiger partial charge in [-0.3, -0.25) is 14.9 Å². The van der Waals surface area contributed by atoms with Crippen molar-refractivity contribution in [1.82, 2.24) is 4.31 Å². The average Bonchev–Trinajstić information content (AvgIpc) is 2.96. The Labute approximate surface area is 261 Å². The van der Waals surface area contributed by atoms with E-state index in [1.54, 1.807) is 48.5 Å². The van der Waals surface area contributed by atoms with Crippen LogP contribution in [0.15, 0.2) is 105 Å². The van der Waals surface area contributed by atoms with Gasteiger partial charge in [-0.2, -0.15) is 0 Å². The molecule has 1 N–H and O–H groups in total. The Morgan fingerprint density at radius 3 is 1.98 bits per heavy atom. The van der Waals surface area contributed by atoms with Gasteiger partial charge in [-0.05, 0) is 60.5 Å². The molecule has 0 saturated carbocycles. The Morgan fingerprint density at radius 1 is 0.905 bits per heavy atom. The van der Waals surface area contributed by atoms with Crippen molar-refractivity contribution >= 4 is 59.2 Å². The van der Waals surface area contributed by atoms with Crippen molar-refractivity contribution in [3.05, 3.63) is 127 Å². The molecule has 1 amide bonds. The lowest BCUT2D eigenvalue weighted by molar-refractivity contribution is -0.384. The quantitative estimate of drug-likeness (QED) is 0.136. The number of amides is 1. The summed E-state index contributed by atoms with van der Waals surface area (Å²) in [5, 5.41) is 14.8. The second kappa shape index (κ2) is 13.1. The van der Waals surface area contributed by atoms with Gasteiger partial charge in [-0.25, -0.2) is 12.7 Å². The first kappa shape index (κ1) is 31.2. The van der Waals surface area contributed by atoms with Gasteiger partial charge in [0.1, 0.15) is 5.75 Å². The lowest BCUT2D eigenvalue weighted by Gasteiger charge is -2.32. The Kier molecular flexibility index (Phi) is 9.70. The highest BCUT2D eigenvalue weighted by molar-refractivity contribution is 9.11. The van der Waals surface area contributed by atoms with Gasteiger partial charge in [0, 0.05) is 33.8 Å². The summed E-state index contributed by atoms with van der Waals surface area (Å²) in [5.41, 5.74) is 2.43. The monoisotopic (exact) mass is 715 g/mol. The molecule has 0 aliphatic rings. The van der Waals surface area contributed by atoms with E-state index in [0.29, 0.717) is 22.6 Å². The van der Waals surface area contributed by atoms with E-state index in [2.05, 4.69) is 37.2 Å². The van der Waals surface area contributed by atoms with Crippen LogP contribution in [0.1, 0.15) is 28.7 Å². The number of halogens is 2. The Morgan fingerprint density at radius 2 is 1.45 bits per heavy atom. The molecule has 4 aromatic rings. The third kappa shape index (κ3) is 7.00. The van der Waals surface area contributed by atoms with Gasteiger partial charge in [0.15, 0.2) is 0 Å². The summed E-state index contributed by atoms with van der Waals surface area (Å²) >= 11 is 6.96. The van der Waals surface area contributed by atoms with Gasteiger partial charge in [0.2, 0.25) is 5.91 Å². The number of nitrogens with one attached hydrogen (secondary N) is 1. The third-order valence-electron chi connectivity index (χ3n) is 6.71. The van der Waals surface area contributed by atoms with Crippen LogP contribution in [0.2, 0.25) is 0 Å². The summed E-state index contributed by atoms with van der Waals surface area (Å²) in [6.07, 6.45) is 0. The van der Waals surface area contributed by atoms with Gasteiger partial charge in [-0.15, -0.1) is 0 Å². The van der Waals surface area contributed by atoms with E-state index >= 15 is 0 Å². The molecule has 0 fully saturated rings. The number of methoxy groups -OCH3 is 1. The highest BCUT2D eigenvalue weighted by Gasteiger charge is 2.38. The zero-order chi connectivity index (χ0) is 30.6. The first-order chi connectivity index (χ1) is 19.9. The molecule has 12 heteroatoms. The molecule has 0 saturated heterocycles. The molecule has 2 atom stereocenters. The predicted molar refractivity (Wildman–Crippen MR) is 168 cm³/mol. The number of sulfonamides is 1. The van der Waals surface area contributed by atoms with Crippen molar-refractivity contribution in [2.45, 2.75) is 23.8 Å². The zero-order valence-electron chi connectivity index (χ0n) is 22.8. The number of non-ortho nitro benzene ring substituents is 1. The number of nitrogens with zero attached hydrogens (tertiary/aromatic N) is 2. The molecular formula is C30H27Br2N3O6S. The van der Waals surface area contributed by atoms with Gasteiger partial charge < -0.3 is 10.1 Å². The number of benzene rings is 4. The molecule has 0 bridgehead atoms. The van der Waals surface area contributed by atoms with Crippen LogP contribution in [-0.4, -0.2) is 37.7 Å². The van der Waals surface area contributed by atoms with E-state index in [-0.39, 0.29) is 10.6 Å². The maximum atomic E-state index is 14.3. The van der Waals surface area contributed by atoms with Crippen LogP contribution in [0.4, 0.5) is 11.4 Å². The highest BCUT2D eigenvalue weighted by atomic mass is 79.9. The average molecular weight is 717 g/mol. The molecule has 0 aliphatic carbocycles. The van der Waals surface area contributed by atoms with Gasteiger partial charge >= 0.3 is 0 Å². The smallest absolute Gasteiger partial charge is 0.269 e. The lowest BCUT2D eigenvalue weighted by Crippen LogP contribution is -2.40. The minimum absolute atomic E-state index is 0.0202. The van der Waals surface area contributed by atoms with Gasteiger partial charge in [-0.1, -0.05) is 73.8 Å². The van der Waals surface area contributed by atoms with E-state index in [1.165, 1.54) is 38.4 Å². The number of nitro groups is 1. The largest absolute Gasteiger partial charge is 0.497 e. The summed E-state index contributed by atoms with van der Waals surface area (Å²) in [5.74, 6) is -1.23. The van der Waals surface area contributed by atoms with Crippen molar-refractivity contribution in [2.24, 2.45) is 0 Å². The van der Waals surface area contributed by atoms with Crippen molar-refractivity contribution < 1.29 is 22.9 Å². The molecule has 0 heterocycles. The topological polar surface area (TPSA) is 119 Å². The van der Waals surface area contributed by atoms with Crippen molar-refractivity contribution in [1.29, 1.82) is 0 Å². The van der Waals surface area contributed by atoms with Crippen LogP contribution in [0.3, 0.4) is 0 Å². The van der Waals surface area contributed by atoms with Crippen molar-refractivity contribution in [3.8, 4) is 5.75 Å². The van der Waals surface area contributed by atoms with Gasteiger partial charge in [0.25, 0.3) is 15.7 Å². The molecule has 4 aromatic carbocycles. The fourth-order valence-corrected chi connectivity index (χ4v) is 6.89. The molecule has 0 aliphatic heterocycles. The lowest BCUT2D eigenvalue weighted by atomic mass is 9.85. The Hall–Kier alpha value is -3.74. The normalized spacial score (nSPS) is 12.7. The first-order valence-corrected chi connectivity index (χ1v) is 15.6. The maximum Gasteiger partial charge on any atom is 0.269 e. The number of rotatable bonds is 10. The fourth-order valence-electron chi connectivity index (χ4n) is 4.45. The SMILES string of the molecule is COc1ccc([C@@H](C(=O)N(C)S(=O)(=O)c2ccc(C)cc2)[C@H](Nc2cc(Br)cc(Br)c2)c2ccc([N+](=O)[O-])cc2)cc1. The van der Waals surface area contributed by atoms with Crippen molar-refractivity contribution in [3.63, 3.8) is 0 Å². The van der Waals surface area contributed by atoms with E-state index in [0.717, 1.165) is 18.8 Å². The van der Waals surface area contributed by atoms with E-state index in [9.17, 15) is 23.3 Å². The summed E-state index contributed by atoms with van der Waals surface area (Å²) in [4.78, 5) is 25.2. The van der Waals surface area contributed by atoms with Crippen LogP contribution < -0.4 is 10.1 Å². The number of aryl methyl sites for hydroxylation is 1. The predicted octanol–water partition coefficient (Wildman–Crippen LogP) is 7.22. The van der Waals surface area contributed by atoms with E-state index in [4.69, 9.17) is 4.74 Å². The highest BCUT2D eigenvalue weighted by Crippen LogP contribution is 2.39. The molecule has 218 valence electrons. The molecular weight excluding hydrogens is 690 g/mol. The number of carbonyl (C=O) groups is 1. The number of hydrogen-bond donors (Lipinski definition) is 1. The number of anilines is 1. The summed E-state index contributed by atoms with van der Waals surface area (Å²) < 4.78 is 34.8. The standard InChI is InChI=1S/C30H27Br2N3O6S/c1-19-4-14-27(15-5-19)42(39,40)34(2)30(36)28(20-8-12-26(41-3)13-9-20)29(21-6-10-25(11-7-21)35(37)38)33-24-17-22(31)16-23(32)18-24/h4-18,28-29,33H,1-3H3/t28-,29-/m1/s1. The van der Waals surface area contributed by atoms with E-state index in [1.807, 2.05) is 25.1 Å². The third-order valence-corrected chi connectivity index (χ3v) is 9.40. The van der Waals surface area contributed by atoms with Crippen LogP contribution >= 0.6 is 31.9 Å². The number of ether oxygens (including phenoxy) is 1. The molecule has 9 nitrogen and oxygen atoms in total. The Balaban J connectivity index is 1.88. The minimum Gasteiger partial charge on any atom is -0.497 e. The zero-order valence-corrected chi connectivity index (χ0v) is 26.8.